The molecule has 0 spiro atoms. The Balaban J connectivity index is 2.89. The zero-order valence-corrected chi connectivity index (χ0v) is 9.33. The van der Waals surface area contributed by atoms with E-state index in [1.54, 1.807) is 32.5 Å². The lowest BCUT2D eigenvalue weighted by molar-refractivity contribution is 0.0928. The second-order valence-electron chi connectivity index (χ2n) is 3.96. The van der Waals surface area contributed by atoms with Crippen molar-refractivity contribution in [1.82, 2.24) is 15.1 Å². The summed E-state index contributed by atoms with van der Waals surface area (Å²) >= 11 is 0. The second-order valence-corrected chi connectivity index (χ2v) is 3.96. The Morgan fingerprint density at radius 1 is 1.67 bits per heavy atom. The van der Waals surface area contributed by atoms with Crippen LogP contribution in [0.3, 0.4) is 0 Å². The predicted molar refractivity (Wildman–Crippen MR) is 55.1 cm³/mol. The number of aromatic nitrogens is 2. The Bertz CT molecular complexity index is 425. The number of nitriles is 1. The van der Waals surface area contributed by atoms with Crippen LogP contribution in [0.15, 0.2) is 6.20 Å². The molecule has 0 atom stereocenters. The van der Waals surface area contributed by atoms with Crippen LogP contribution in [0.1, 0.15) is 29.9 Å². The molecule has 0 unspecified atom stereocenters. The first-order valence-electron chi connectivity index (χ1n) is 4.60. The molecule has 0 fully saturated rings. The van der Waals surface area contributed by atoms with Gasteiger partial charge < -0.3 is 5.32 Å². The van der Waals surface area contributed by atoms with Crippen LogP contribution < -0.4 is 5.32 Å². The lowest BCUT2D eigenvalue weighted by atomic mass is 10.1. The van der Waals surface area contributed by atoms with Gasteiger partial charge in [-0.25, -0.2) is 0 Å². The van der Waals surface area contributed by atoms with Gasteiger partial charge in [0.05, 0.1) is 17.8 Å². The van der Waals surface area contributed by atoms with Crippen LogP contribution in [0.5, 0.6) is 0 Å². The lowest BCUT2D eigenvalue weighted by Gasteiger charge is -2.16. The molecule has 1 amide bonds. The van der Waals surface area contributed by atoms with Crippen molar-refractivity contribution in [1.29, 1.82) is 5.26 Å². The van der Waals surface area contributed by atoms with Crippen LogP contribution in [0.2, 0.25) is 0 Å². The number of rotatable bonds is 2. The highest BCUT2D eigenvalue weighted by molar-refractivity contribution is 5.95. The van der Waals surface area contributed by atoms with Gasteiger partial charge in [-0.15, -0.1) is 0 Å². The number of amides is 1. The summed E-state index contributed by atoms with van der Waals surface area (Å²) in [4.78, 5) is 11.7. The van der Waals surface area contributed by atoms with Gasteiger partial charge in [0.2, 0.25) is 0 Å². The molecule has 0 aliphatic heterocycles. The van der Waals surface area contributed by atoms with E-state index in [0.29, 0.717) is 5.56 Å². The second kappa shape index (κ2) is 3.73. The number of hydrogen-bond acceptors (Lipinski definition) is 3. The van der Waals surface area contributed by atoms with Crippen molar-refractivity contribution in [2.45, 2.75) is 26.3 Å². The fourth-order valence-corrected chi connectivity index (χ4v) is 1.10. The van der Waals surface area contributed by atoms with E-state index in [-0.39, 0.29) is 5.91 Å². The number of nitrogens with one attached hydrogen (secondary N) is 1. The van der Waals surface area contributed by atoms with E-state index >= 15 is 0 Å². The Morgan fingerprint density at radius 3 is 2.67 bits per heavy atom. The minimum absolute atomic E-state index is 0.271. The number of hydrogen-bond donors (Lipinski definition) is 1. The molecule has 1 aromatic heterocycles. The van der Waals surface area contributed by atoms with E-state index in [0.717, 1.165) is 5.69 Å². The summed E-state index contributed by atoms with van der Waals surface area (Å²) in [5.41, 5.74) is 0.418. The zero-order chi connectivity index (χ0) is 11.6. The van der Waals surface area contributed by atoms with E-state index in [1.807, 2.05) is 6.07 Å². The SMILES string of the molecule is Cc1c(C(=O)NC(C)(C)C#N)cnn1C. The molecular formula is C10H14N4O. The summed E-state index contributed by atoms with van der Waals surface area (Å²) in [6.07, 6.45) is 1.50. The van der Waals surface area contributed by atoms with Crippen LogP contribution in [-0.2, 0) is 7.05 Å². The molecule has 0 saturated heterocycles. The molecule has 1 rings (SSSR count). The standard InChI is InChI=1S/C10H14N4O/c1-7-8(5-12-14(7)4)9(15)13-10(2,3)6-11/h5H,1-4H3,(H,13,15). The van der Waals surface area contributed by atoms with Crippen LogP contribution in [0.25, 0.3) is 0 Å². The van der Waals surface area contributed by atoms with Crippen molar-refractivity contribution in [3.05, 3.63) is 17.5 Å². The van der Waals surface area contributed by atoms with Gasteiger partial charge in [0, 0.05) is 12.7 Å². The smallest absolute Gasteiger partial charge is 0.255 e. The van der Waals surface area contributed by atoms with Crippen molar-refractivity contribution in [3.63, 3.8) is 0 Å². The summed E-state index contributed by atoms with van der Waals surface area (Å²) in [5.74, 6) is -0.271. The molecule has 15 heavy (non-hydrogen) atoms. The quantitative estimate of drug-likeness (QED) is 0.776. The Morgan fingerprint density at radius 2 is 2.27 bits per heavy atom. The van der Waals surface area contributed by atoms with E-state index in [4.69, 9.17) is 5.26 Å². The third kappa shape index (κ3) is 2.34. The van der Waals surface area contributed by atoms with Crippen molar-refractivity contribution in [2.24, 2.45) is 7.05 Å². The molecule has 1 N–H and O–H groups in total. The van der Waals surface area contributed by atoms with Gasteiger partial charge in [0.1, 0.15) is 5.54 Å². The zero-order valence-electron chi connectivity index (χ0n) is 9.33. The molecule has 80 valence electrons. The summed E-state index contributed by atoms with van der Waals surface area (Å²) in [6, 6.07) is 2.01. The number of aryl methyl sites for hydroxylation is 1. The van der Waals surface area contributed by atoms with E-state index in [1.165, 1.54) is 6.20 Å². The highest BCUT2D eigenvalue weighted by Gasteiger charge is 2.22. The summed E-state index contributed by atoms with van der Waals surface area (Å²) in [6.45, 7) is 5.11. The fourth-order valence-electron chi connectivity index (χ4n) is 1.10. The van der Waals surface area contributed by atoms with Gasteiger partial charge in [-0.2, -0.15) is 10.4 Å². The van der Waals surface area contributed by atoms with Gasteiger partial charge in [-0.3, -0.25) is 9.48 Å². The normalized spacial score (nSPS) is 10.9. The number of carbonyl (C=O) groups is 1. The summed E-state index contributed by atoms with van der Waals surface area (Å²) in [7, 11) is 1.77. The van der Waals surface area contributed by atoms with Crippen LogP contribution >= 0.6 is 0 Å². The van der Waals surface area contributed by atoms with Crippen LogP contribution in [-0.4, -0.2) is 21.2 Å². The Hall–Kier alpha value is -1.83. The van der Waals surface area contributed by atoms with Gasteiger partial charge in [-0.1, -0.05) is 0 Å². The first kappa shape index (κ1) is 11.2. The average Bonchev–Trinajstić information content (AvgIpc) is 2.47. The van der Waals surface area contributed by atoms with Crippen molar-refractivity contribution in [3.8, 4) is 6.07 Å². The maximum atomic E-state index is 11.7. The number of nitrogens with zero attached hydrogens (tertiary/aromatic N) is 3. The Labute approximate surface area is 88.7 Å². The average molecular weight is 206 g/mol. The summed E-state index contributed by atoms with van der Waals surface area (Å²) < 4.78 is 1.62. The third-order valence-corrected chi connectivity index (χ3v) is 2.19. The molecule has 0 aromatic carbocycles. The fraction of sp³-hybridized carbons (Fsp3) is 0.500. The van der Waals surface area contributed by atoms with Crippen LogP contribution in [0, 0.1) is 18.3 Å². The van der Waals surface area contributed by atoms with E-state index in [9.17, 15) is 4.79 Å². The lowest BCUT2D eigenvalue weighted by Crippen LogP contribution is -2.42. The van der Waals surface area contributed by atoms with Gasteiger partial charge in [0.25, 0.3) is 5.91 Å². The van der Waals surface area contributed by atoms with Crippen molar-refractivity contribution in [2.75, 3.05) is 0 Å². The molecule has 1 aromatic rings. The highest BCUT2D eigenvalue weighted by atomic mass is 16.1. The molecule has 5 nitrogen and oxygen atoms in total. The highest BCUT2D eigenvalue weighted by Crippen LogP contribution is 2.08. The molecule has 1 heterocycles. The minimum atomic E-state index is -0.862. The maximum absolute atomic E-state index is 11.7. The van der Waals surface area contributed by atoms with Crippen molar-refractivity contribution < 1.29 is 4.79 Å². The molecule has 5 heteroatoms. The topological polar surface area (TPSA) is 70.7 Å². The molecule has 0 bridgehead atoms. The first-order chi connectivity index (χ1) is 6.87. The van der Waals surface area contributed by atoms with Gasteiger partial charge in [-0.05, 0) is 20.8 Å². The first-order valence-corrected chi connectivity index (χ1v) is 4.60. The number of carbonyl (C=O) groups excluding carboxylic acids is 1. The van der Waals surface area contributed by atoms with Crippen LogP contribution in [0.4, 0.5) is 0 Å². The van der Waals surface area contributed by atoms with Gasteiger partial charge >= 0.3 is 0 Å². The minimum Gasteiger partial charge on any atom is -0.334 e. The van der Waals surface area contributed by atoms with E-state index in [2.05, 4.69) is 10.4 Å². The summed E-state index contributed by atoms with van der Waals surface area (Å²) in [5, 5.41) is 15.4. The monoisotopic (exact) mass is 206 g/mol. The predicted octanol–water partition coefficient (Wildman–Crippen LogP) is 0.760. The maximum Gasteiger partial charge on any atom is 0.255 e. The molecular weight excluding hydrogens is 192 g/mol. The molecule has 0 saturated carbocycles. The third-order valence-electron chi connectivity index (χ3n) is 2.19. The largest absolute Gasteiger partial charge is 0.334 e. The molecule has 0 aliphatic rings. The van der Waals surface area contributed by atoms with Crippen molar-refractivity contribution >= 4 is 5.91 Å². The molecule has 0 aliphatic carbocycles. The van der Waals surface area contributed by atoms with E-state index < -0.39 is 5.54 Å². The molecule has 0 radical (unpaired) electrons. The Kier molecular flexibility index (Phi) is 2.80. The van der Waals surface area contributed by atoms with Gasteiger partial charge in [0.15, 0.2) is 0 Å².